The number of benzene rings is 1. The number of nitrogens with zero attached hydrogens (tertiary/aromatic N) is 2. The molecule has 0 aliphatic rings. The second-order valence-electron chi connectivity index (χ2n) is 3.73. The zero-order valence-electron chi connectivity index (χ0n) is 9.17. The maximum atomic E-state index is 11.9. The molecule has 1 aromatic carbocycles. The first kappa shape index (κ1) is 11.1. The summed E-state index contributed by atoms with van der Waals surface area (Å²) in [6, 6.07) is 5.07. The summed E-state index contributed by atoms with van der Waals surface area (Å²) in [4.78, 5) is 23.5. The summed E-state index contributed by atoms with van der Waals surface area (Å²) in [7, 11) is 1.45. The van der Waals surface area contributed by atoms with Crippen molar-refractivity contribution in [3.05, 3.63) is 30.0 Å². The van der Waals surface area contributed by atoms with Crippen molar-refractivity contribution in [1.29, 1.82) is 0 Å². The minimum atomic E-state index is -1.04. The van der Waals surface area contributed by atoms with Crippen LogP contribution in [0, 0.1) is 0 Å². The normalized spacial score (nSPS) is 10.4. The number of carboxylic acids is 1. The summed E-state index contributed by atoms with van der Waals surface area (Å²) >= 11 is 0. The molecule has 1 aromatic heterocycles. The Bertz CT molecular complexity index is 576. The van der Waals surface area contributed by atoms with Gasteiger partial charge >= 0.3 is 5.97 Å². The molecule has 0 saturated carbocycles. The summed E-state index contributed by atoms with van der Waals surface area (Å²) in [6.07, 6.45) is 1.66. The predicted octanol–water partition coefficient (Wildman–Crippen LogP) is 0.719. The molecule has 0 spiro atoms. The number of carboxylic acid groups (broad SMARTS) is 1. The van der Waals surface area contributed by atoms with Gasteiger partial charge in [0.2, 0.25) is 0 Å². The van der Waals surface area contributed by atoms with Gasteiger partial charge in [-0.15, -0.1) is 0 Å². The summed E-state index contributed by atoms with van der Waals surface area (Å²) in [5.74, 6) is -1.37. The molecule has 6 nitrogen and oxygen atoms in total. The Morgan fingerprint density at radius 1 is 1.47 bits per heavy atom. The van der Waals surface area contributed by atoms with Gasteiger partial charge in [-0.25, -0.2) is 0 Å². The number of aliphatic carboxylic acids is 1. The lowest BCUT2D eigenvalue weighted by Gasteiger charge is -2.14. The maximum Gasteiger partial charge on any atom is 0.323 e. The molecule has 1 amide bonds. The van der Waals surface area contributed by atoms with E-state index in [0.29, 0.717) is 5.56 Å². The van der Waals surface area contributed by atoms with Crippen molar-refractivity contribution < 1.29 is 14.7 Å². The Morgan fingerprint density at radius 3 is 2.94 bits per heavy atom. The Balaban J connectivity index is 2.26. The average Bonchev–Trinajstić information content (AvgIpc) is 2.73. The number of likely N-dealkylation sites (N-methyl/N-ethyl adjacent to an activating group) is 1. The number of rotatable bonds is 3. The Hall–Kier alpha value is -2.37. The minimum Gasteiger partial charge on any atom is -0.480 e. The van der Waals surface area contributed by atoms with Gasteiger partial charge < -0.3 is 10.0 Å². The molecular weight excluding hydrogens is 222 g/mol. The van der Waals surface area contributed by atoms with Gasteiger partial charge in [0.15, 0.2) is 0 Å². The van der Waals surface area contributed by atoms with Crippen molar-refractivity contribution in [2.45, 2.75) is 0 Å². The molecule has 2 aromatic rings. The van der Waals surface area contributed by atoms with E-state index in [1.165, 1.54) is 7.05 Å². The van der Waals surface area contributed by atoms with E-state index in [2.05, 4.69) is 10.2 Å². The lowest BCUT2D eigenvalue weighted by molar-refractivity contribution is -0.137. The summed E-state index contributed by atoms with van der Waals surface area (Å²) in [6.45, 7) is -0.320. The third kappa shape index (κ3) is 2.25. The first-order valence-electron chi connectivity index (χ1n) is 4.98. The molecule has 1 heterocycles. The molecule has 0 bridgehead atoms. The van der Waals surface area contributed by atoms with E-state index < -0.39 is 5.97 Å². The van der Waals surface area contributed by atoms with Crippen LogP contribution in [0.4, 0.5) is 0 Å². The average molecular weight is 233 g/mol. The van der Waals surface area contributed by atoms with Gasteiger partial charge in [0.25, 0.3) is 5.91 Å². The van der Waals surface area contributed by atoms with Crippen LogP contribution < -0.4 is 0 Å². The molecule has 0 fully saturated rings. The topological polar surface area (TPSA) is 86.3 Å². The minimum absolute atomic E-state index is 0.320. The van der Waals surface area contributed by atoms with Crippen LogP contribution in [0.3, 0.4) is 0 Å². The lowest BCUT2D eigenvalue weighted by atomic mass is 10.1. The number of H-pyrrole nitrogens is 1. The van der Waals surface area contributed by atoms with E-state index in [9.17, 15) is 9.59 Å². The third-order valence-electron chi connectivity index (χ3n) is 2.41. The quantitative estimate of drug-likeness (QED) is 0.817. The van der Waals surface area contributed by atoms with Crippen molar-refractivity contribution in [2.75, 3.05) is 13.6 Å². The monoisotopic (exact) mass is 233 g/mol. The molecule has 17 heavy (non-hydrogen) atoms. The van der Waals surface area contributed by atoms with Crippen molar-refractivity contribution in [2.24, 2.45) is 0 Å². The van der Waals surface area contributed by atoms with E-state index in [4.69, 9.17) is 5.11 Å². The summed E-state index contributed by atoms with van der Waals surface area (Å²) < 4.78 is 0. The van der Waals surface area contributed by atoms with Crippen molar-refractivity contribution >= 4 is 22.8 Å². The molecule has 0 aliphatic heterocycles. The van der Waals surface area contributed by atoms with Gasteiger partial charge in [-0.1, -0.05) is 6.07 Å². The van der Waals surface area contributed by atoms with Gasteiger partial charge in [-0.2, -0.15) is 5.10 Å². The molecule has 0 saturated heterocycles. The highest BCUT2D eigenvalue weighted by Crippen LogP contribution is 2.13. The first-order chi connectivity index (χ1) is 8.08. The van der Waals surface area contributed by atoms with Crippen molar-refractivity contribution in [1.82, 2.24) is 15.1 Å². The van der Waals surface area contributed by atoms with E-state index >= 15 is 0 Å². The molecule has 6 heteroatoms. The molecule has 0 atom stereocenters. The number of hydrogen-bond acceptors (Lipinski definition) is 3. The molecule has 0 radical (unpaired) electrons. The predicted molar refractivity (Wildman–Crippen MR) is 60.7 cm³/mol. The van der Waals surface area contributed by atoms with Gasteiger partial charge in [0.1, 0.15) is 6.54 Å². The first-order valence-corrected chi connectivity index (χ1v) is 4.98. The molecule has 2 rings (SSSR count). The molecule has 88 valence electrons. The number of nitrogens with one attached hydrogen (secondary N) is 1. The summed E-state index contributed by atoms with van der Waals surface area (Å²) in [5.41, 5.74) is 1.19. The zero-order valence-corrected chi connectivity index (χ0v) is 9.17. The SMILES string of the molecule is CN(CC(=O)O)C(=O)c1ccc2cn[nH]c2c1. The number of aromatic nitrogens is 2. The van der Waals surface area contributed by atoms with E-state index in [-0.39, 0.29) is 12.5 Å². The molecule has 2 N–H and O–H groups in total. The summed E-state index contributed by atoms with van der Waals surface area (Å²) in [5, 5.41) is 16.1. The number of amides is 1. The number of carbonyl (C=O) groups excluding carboxylic acids is 1. The molecular formula is C11H11N3O3. The van der Waals surface area contributed by atoms with Gasteiger partial charge in [-0.3, -0.25) is 14.7 Å². The maximum absolute atomic E-state index is 11.9. The van der Waals surface area contributed by atoms with Gasteiger partial charge in [-0.05, 0) is 12.1 Å². The molecule has 0 unspecified atom stereocenters. The van der Waals surface area contributed by atoms with Gasteiger partial charge in [0.05, 0.1) is 11.7 Å². The van der Waals surface area contributed by atoms with Crippen LogP contribution in [0.5, 0.6) is 0 Å². The Labute approximate surface area is 96.8 Å². The number of carbonyl (C=O) groups is 2. The van der Waals surface area contributed by atoms with Crippen molar-refractivity contribution in [3.63, 3.8) is 0 Å². The smallest absolute Gasteiger partial charge is 0.323 e. The number of aromatic amines is 1. The van der Waals surface area contributed by atoms with E-state index in [1.807, 2.05) is 0 Å². The second kappa shape index (κ2) is 4.25. The van der Waals surface area contributed by atoms with Crippen LogP contribution in [0.1, 0.15) is 10.4 Å². The highest BCUT2D eigenvalue weighted by Gasteiger charge is 2.14. The fraction of sp³-hybridized carbons (Fsp3) is 0.182. The molecule has 0 aliphatic carbocycles. The van der Waals surface area contributed by atoms with Crippen LogP contribution in [-0.2, 0) is 4.79 Å². The fourth-order valence-corrected chi connectivity index (χ4v) is 1.57. The van der Waals surface area contributed by atoms with Crippen LogP contribution in [0.25, 0.3) is 10.9 Å². The lowest BCUT2D eigenvalue weighted by Crippen LogP contribution is -2.31. The van der Waals surface area contributed by atoms with E-state index in [1.54, 1.807) is 24.4 Å². The fourth-order valence-electron chi connectivity index (χ4n) is 1.57. The second-order valence-corrected chi connectivity index (χ2v) is 3.73. The van der Waals surface area contributed by atoms with Crippen LogP contribution >= 0.6 is 0 Å². The Kier molecular flexibility index (Phi) is 2.78. The van der Waals surface area contributed by atoms with E-state index in [0.717, 1.165) is 15.8 Å². The van der Waals surface area contributed by atoms with Crippen molar-refractivity contribution in [3.8, 4) is 0 Å². The van der Waals surface area contributed by atoms with Crippen LogP contribution in [0.2, 0.25) is 0 Å². The zero-order chi connectivity index (χ0) is 12.4. The standard InChI is InChI=1S/C11H11N3O3/c1-14(6-10(15)16)11(17)7-2-3-8-5-12-13-9(8)4-7/h2-5H,6H2,1H3,(H,12,13)(H,15,16). The third-order valence-corrected chi connectivity index (χ3v) is 2.41. The van der Waals surface area contributed by atoms with Gasteiger partial charge in [0, 0.05) is 18.0 Å². The highest BCUT2D eigenvalue weighted by atomic mass is 16.4. The van der Waals surface area contributed by atoms with Crippen LogP contribution in [0.15, 0.2) is 24.4 Å². The number of hydrogen-bond donors (Lipinski definition) is 2. The number of fused-ring (bicyclic) bond motifs is 1. The largest absolute Gasteiger partial charge is 0.480 e. The van der Waals surface area contributed by atoms with Crippen LogP contribution in [-0.4, -0.2) is 45.7 Å². The highest BCUT2D eigenvalue weighted by molar-refractivity contribution is 5.98. The Morgan fingerprint density at radius 2 is 2.24 bits per heavy atom.